The van der Waals surface area contributed by atoms with Gasteiger partial charge in [0.15, 0.2) is 0 Å². The van der Waals surface area contributed by atoms with Crippen molar-refractivity contribution in [2.24, 2.45) is 5.73 Å². The Morgan fingerprint density at radius 2 is 2.20 bits per heavy atom. The van der Waals surface area contributed by atoms with Crippen molar-refractivity contribution in [2.45, 2.75) is 25.9 Å². The quantitative estimate of drug-likeness (QED) is 0.908. The molecular formula is C18H17N3O4. The predicted octanol–water partition coefficient (Wildman–Crippen LogP) is 2.79. The summed E-state index contributed by atoms with van der Waals surface area (Å²) >= 11 is 0. The molecule has 0 aliphatic carbocycles. The van der Waals surface area contributed by atoms with Gasteiger partial charge in [-0.25, -0.2) is 9.78 Å². The van der Waals surface area contributed by atoms with Crippen molar-refractivity contribution in [1.29, 1.82) is 0 Å². The van der Waals surface area contributed by atoms with Crippen molar-refractivity contribution < 1.29 is 19.1 Å². The van der Waals surface area contributed by atoms with Crippen LogP contribution in [-0.2, 0) is 4.79 Å². The molecule has 0 saturated carbocycles. The van der Waals surface area contributed by atoms with Crippen LogP contribution in [0, 0.1) is 0 Å². The molecule has 2 amide bonds. The molecule has 2 aliphatic rings. The summed E-state index contributed by atoms with van der Waals surface area (Å²) in [5.74, 6) is 0.992. The average Bonchev–Trinajstić information content (AvgIpc) is 3.00. The first-order valence-corrected chi connectivity index (χ1v) is 8.11. The molecule has 7 nitrogen and oxygen atoms in total. The molecule has 3 heterocycles. The Morgan fingerprint density at radius 3 is 2.92 bits per heavy atom. The van der Waals surface area contributed by atoms with E-state index in [2.05, 4.69) is 4.98 Å². The van der Waals surface area contributed by atoms with E-state index in [9.17, 15) is 9.59 Å². The van der Waals surface area contributed by atoms with Gasteiger partial charge in [0.05, 0.1) is 0 Å². The molecule has 0 radical (unpaired) electrons. The van der Waals surface area contributed by atoms with E-state index in [1.807, 2.05) is 25.1 Å². The number of hydrogen-bond acceptors (Lipinski definition) is 5. The van der Waals surface area contributed by atoms with Gasteiger partial charge in [-0.15, -0.1) is 0 Å². The fourth-order valence-electron chi connectivity index (χ4n) is 3.35. The zero-order valence-electron chi connectivity index (χ0n) is 13.7. The molecular weight excluding hydrogens is 322 g/mol. The molecule has 7 heteroatoms. The monoisotopic (exact) mass is 339 g/mol. The molecule has 0 bridgehead atoms. The van der Waals surface area contributed by atoms with Crippen LogP contribution in [0.15, 0.2) is 30.5 Å². The van der Waals surface area contributed by atoms with Crippen LogP contribution in [0.4, 0.5) is 10.5 Å². The number of carbonyl (C=O) groups excluding carboxylic acids is 2. The van der Waals surface area contributed by atoms with Crippen LogP contribution < -0.4 is 20.1 Å². The van der Waals surface area contributed by atoms with Gasteiger partial charge in [0.25, 0.3) is 0 Å². The largest absolute Gasteiger partial charge is 0.485 e. The number of carbonyl (C=O) groups is 2. The highest BCUT2D eigenvalue weighted by Gasteiger charge is 2.27. The molecule has 1 unspecified atom stereocenters. The van der Waals surface area contributed by atoms with Crippen molar-refractivity contribution in [3.8, 4) is 22.8 Å². The summed E-state index contributed by atoms with van der Waals surface area (Å²) in [6.07, 6.45) is 1.96. The highest BCUT2D eigenvalue weighted by atomic mass is 16.6. The third-order valence-corrected chi connectivity index (χ3v) is 4.50. The predicted molar refractivity (Wildman–Crippen MR) is 90.5 cm³/mol. The van der Waals surface area contributed by atoms with Crippen LogP contribution in [0.5, 0.6) is 11.6 Å². The van der Waals surface area contributed by atoms with Gasteiger partial charge in [0, 0.05) is 53.7 Å². The van der Waals surface area contributed by atoms with Gasteiger partial charge in [0.2, 0.25) is 11.8 Å². The first kappa shape index (κ1) is 15.4. The number of anilines is 1. The van der Waals surface area contributed by atoms with E-state index in [0.29, 0.717) is 12.2 Å². The lowest BCUT2D eigenvalue weighted by Gasteiger charge is -2.27. The lowest BCUT2D eigenvalue weighted by atomic mass is 9.95. The van der Waals surface area contributed by atoms with Gasteiger partial charge in [-0.3, -0.25) is 4.79 Å². The summed E-state index contributed by atoms with van der Waals surface area (Å²) in [5, 5.41) is 0. The number of benzene rings is 1. The number of nitrogens with two attached hydrogens (primary N) is 1. The number of primary amides is 1. The Hall–Kier alpha value is -3.09. The van der Waals surface area contributed by atoms with E-state index in [1.165, 1.54) is 0 Å². The second-order valence-corrected chi connectivity index (χ2v) is 6.12. The lowest BCUT2D eigenvalue weighted by molar-refractivity contribution is -0.117. The van der Waals surface area contributed by atoms with Crippen LogP contribution in [0.25, 0.3) is 11.1 Å². The van der Waals surface area contributed by atoms with E-state index in [4.69, 9.17) is 15.2 Å². The smallest absolute Gasteiger partial charge is 0.411 e. The molecule has 25 heavy (non-hydrogen) atoms. The number of nitrogens with zero attached hydrogens (tertiary/aromatic N) is 2. The van der Waals surface area contributed by atoms with Gasteiger partial charge in [-0.2, -0.15) is 0 Å². The second kappa shape index (κ2) is 5.77. The Labute approximate surface area is 144 Å². The number of rotatable bonds is 2. The van der Waals surface area contributed by atoms with Gasteiger partial charge < -0.3 is 20.1 Å². The number of pyridine rings is 1. The zero-order chi connectivity index (χ0) is 17.6. The molecule has 4 rings (SSSR count). The summed E-state index contributed by atoms with van der Waals surface area (Å²) in [6.45, 7) is 2.64. The minimum Gasteiger partial charge on any atom is -0.485 e. The Bertz CT molecular complexity index is 881. The first-order chi connectivity index (χ1) is 12.0. The molecule has 1 aromatic heterocycles. The van der Waals surface area contributed by atoms with Crippen LogP contribution in [0.2, 0.25) is 0 Å². The molecule has 1 aromatic carbocycles. The number of hydrogen-bond donors (Lipinski definition) is 1. The van der Waals surface area contributed by atoms with Gasteiger partial charge >= 0.3 is 6.09 Å². The molecule has 128 valence electrons. The molecule has 2 aliphatic heterocycles. The topological polar surface area (TPSA) is 94.8 Å². The highest BCUT2D eigenvalue weighted by Crippen LogP contribution is 2.44. The fraction of sp³-hybridized carbons (Fsp3) is 0.278. The Balaban J connectivity index is 1.73. The van der Waals surface area contributed by atoms with Gasteiger partial charge in [0.1, 0.15) is 11.9 Å². The molecule has 2 N–H and O–H groups in total. The average molecular weight is 339 g/mol. The summed E-state index contributed by atoms with van der Waals surface area (Å²) in [6, 6.07) is 7.40. The maximum absolute atomic E-state index is 12.0. The molecule has 2 aromatic rings. The summed E-state index contributed by atoms with van der Waals surface area (Å²) in [7, 11) is 0. The first-order valence-electron chi connectivity index (χ1n) is 8.11. The maximum atomic E-state index is 12.0. The summed E-state index contributed by atoms with van der Waals surface area (Å²) in [5.41, 5.74) is 8.54. The Morgan fingerprint density at radius 1 is 1.36 bits per heavy atom. The minimum absolute atomic E-state index is 0.138. The SMILES string of the molecule is CC1Oc2cc(N3CCCC3=O)ccc2-c2cnc(OC(N)=O)cc21. The lowest BCUT2D eigenvalue weighted by Crippen LogP contribution is -2.24. The van der Waals surface area contributed by atoms with Gasteiger partial charge in [-0.05, 0) is 25.5 Å². The van der Waals surface area contributed by atoms with E-state index in [1.54, 1.807) is 17.2 Å². The van der Waals surface area contributed by atoms with E-state index >= 15 is 0 Å². The van der Waals surface area contributed by atoms with E-state index in [-0.39, 0.29) is 17.9 Å². The highest BCUT2D eigenvalue weighted by molar-refractivity contribution is 5.96. The summed E-state index contributed by atoms with van der Waals surface area (Å²) < 4.78 is 10.9. The van der Waals surface area contributed by atoms with Gasteiger partial charge in [-0.1, -0.05) is 0 Å². The number of aromatic nitrogens is 1. The number of fused-ring (bicyclic) bond motifs is 3. The van der Waals surface area contributed by atoms with Crippen molar-refractivity contribution >= 4 is 17.7 Å². The normalized spacial score (nSPS) is 18.4. The standard InChI is InChI=1S/C18H17N3O4/c1-10-13-8-16(25-18(19)23)20-9-14(13)12-5-4-11(7-15(12)24-10)21-6-2-3-17(21)22/h4-5,7-10H,2-3,6H2,1H3,(H2,19,23). The van der Waals surface area contributed by atoms with Crippen LogP contribution in [0.3, 0.4) is 0 Å². The molecule has 1 saturated heterocycles. The van der Waals surface area contributed by atoms with Crippen LogP contribution >= 0.6 is 0 Å². The third kappa shape index (κ3) is 2.67. The maximum Gasteiger partial charge on any atom is 0.411 e. The molecule has 0 spiro atoms. The van der Waals surface area contributed by atoms with Crippen LogP contribution in [-0.4, -0.2) is 23.5 Å². The van der Waals surface area contributed by atoms with Crippen molar-refractivity contribution in [2.75, 3.05) is 11.4 Å². The van der Waals surface area contributed by atoms with Crippen molar-refractivity contribution in [3.63, 3.8) is 0 Å². The zero-order valence-corrected chi connectivity index (χ0v) is 13.7. The van der Waals surface area contributed by atoms with Crippen molar-refractivity contribution in [1.82, 2.24) is 4.98 Å². The van der Waals surface area contributed by atoms with E-state index in [0.717, 1.165) is 35.3 Å². The fourth-order valence-corrected chi connectivity index (χ4v) is 3.35. The number of ether oxygens (including phenoxy) is 2. The minimum atomic E-state index is -0.905. The second-order valence-electron chi connectivity index (χ2n) is 6.12. The number of amides is 2. The Kier molecular flexibility index (Phi) is 3.56. The molecule has 1 atom stereocenters. The van der Waals surface area contributed by atoms with Crippen molar-refractivity contribution in [3.05, 3.63) is 36.0 Å². The summed E-state index contributed by atoms with van der Waals surface area (Å²) in [4.78, 5) is 28.8. The van der Waals surface area contributed by atoms with E-state index < -0.39 is 6.09 Å². The third-order valence-electron chi connectivity index (χ3n) is 4.50. The molecule has 1 fully saturated rings. The van der Waals surface area contributed by atoms with Crippen LogP contribution in [0.1, 0.15) is 31.4 Å².